The second-order valence-corrected chi connectivity index (χ2v) is 8.01. The van der Waals surface area contributed by atoms with Crippen molar-refractivity contribution in [2.24, 2.45) is 5.73 Å². The number of primary amides is 1. The van der Waals surface area contributed by atoms with Gasteiger partial charge in [-0.15, -0.1) is 0 Å². The van der Waals surface area contributed by atoms with E-state index in [0.717, 1.165) is 12.8 Å². The largest absolute Gasteiger partial charge is 0.490 e. The summed E-state index contributed by atoms with van der Waals surface area (Å²) in [5, 5.41) is 0. The summed E-state index contributed by atoms with van der Waals surface area (Å²) in [5.74, 6) is -1.10. The molecule has 0 bridgehead atoms. The summed E-state index contributed by atoms with van der Waals surface area (Å²) in [4.78, 5) is 27.7. The van der Waals surface area contributed by atoms with Gasteiger partial charge >= 0.3 is 0 Å². The number of amides is 2. The Kier molecular flexibility index (Phi) is 6.21. The summed E-state index contributed by atoms with van der Waals surface area (Å²) < 4.78 is 20.2. The van der Waals surface area contributed by atoms with Crippen molar-refractivity contribution < 1.29 is 18.7 Å². The second-order valence-electron chi connectivity index (χ2n) is 8.01. The van der Waals surface area contributed by atoms with Gasteiger partial charge in [0.05, 0.1) is 12.1 Å². The van der Waals surface area contributed by atoms with E-state index in [9.17, 15) is 14.0 Å². The molecule has 2 amide bonds. The third kappa shape index (κ3) is 4.80. The number of benzene rings is 3. The normalized spacial score (nSPS) is 14.9. The highest BCUT2D eigenvalue weighted by atomic mass is 19.1. The Bertz CT molecular complexity index is 1100. The van der Waals surface area contributed by atoms with Gasteiger partial charge in [0.2, 0.25) is 5.91 Å². The average molecular weight is 432 g/mol. The monoisotopic (exact) mass is 432 g/mol. The van der Waals surface area contributed by atoms with Crippen LogP contribution in [0.4, 0.5) is 4.39 Å². The number of nitrogens with two attached hydrogens (primary N) is 1. The Morgan fingerprint density at radius 2 is 1.59 bits per heavy atom. The van der Waals surface area contributed by atoms with Gasteiger partial charge in [-0.25, -0.2) is 4.39 Å². The molecular weight excluding hydrogens is 407 g/mol. The van der Waals surface area contributed by atoms with Crippen molar-refractivity contribution in [3.05, 3.63) is 101 Å². The topological polar surface area (TPSA) is 72.6 Å². The van der Waals surface area contributed by atoms with Crippen LogP contribution in [0, 0.1) is 5.82 Å². The van der Waals surface area contributed by atoms with Gasteiger partial charge < -0.3 is 15.4 Å². The van der Waals surface area contributed by atoms with Gasteiger partial charge in [0.1, 0.15) is 17.6 Å². The van der Waals surface area contributed by atoms with E-state index in [1.807, 2.05) is 6.07 Å². The number of hydrogen-bond donors (Lipinski definition) is 1. The lowest BCUT2D eigenvalue weighted by atomic mass is 9.97. The zero-order valence-electron chi connectivity index (χ0n) is 17.8. The number of nitrogens with zero attached hydrogens (tertiary/aromatic N) is 1. The average Bonchev–Trinajstić information content (AvgIpc) is 3.61. The van der Waals surface area contributed by atoms with Crippen LogP contribution in [0.2, 0.25) is 0 Å². The van der Waals surface area contributed by atoms with Crippen LogP contribution >= 0.6 is 0 Å². The van der Waals surface area contributed by atoms with Gasteiger partial charge in [-0.2, -0.15) is 0 Å². The predicted molar refractivity (Wildman–Crippen MR) is 119 cm³/mol. The van der Waals surface area contributed by atoms with E-state index in [-0.39, 0.29) is 12.0 Å². The van der Waals surface area contributed by atoms with Gasteiger partial charge in [0.15, 0.2) is 0 Å². The number of rotatable bonds is 8. The van der Waals surface area contributed by atoms with Crippen molar-refractivity contribution in [1.82, 2.24) is 4.90 Å². The minimum Gasteiger partial charge on any atom is -0.490 e. The first-order valence-electron chi connectivity index (χ1n) is 10.6. The minimum atomic E-state index is -1.03. The summed E-state index contributed by atoms with van der Waals surface area (Å²) in [6.07, 6.45) is 1.99. The first-order valence-corrected chi connectivity index (χ1v) is 10.6. The van der Waals surface area contributed by atoms with Crippen LogP contribution in [0.5, 0.6) is 5.75 Å². The van der Waals surface area contributed by atoms with E-state index in [4.69, 9.17) is 10.5 Å². The fraction of sp³-hybridized carbons (Fsp3) is 0.231. The Hall–Kier alpha value is -3.67. The highest BCUT2D eigenvalue weighted by Gasteiger charge is 2.35. The lowest BCUT2D eigenvalue weighted by Gasteiger charge is -2.35. The fourth-order valence-corrected chi connectivity index (χ4v) is 3.78. The minimum absolute atomic E-state index is 0.102. The molecule has 0 saturated heterocycles. The first kappa shape index (κ1) is 21.6. The van der Waals surface area contributed by atoms with Crippen molar-refractivity contribution in [2.75, 3.05) is 0 Å². The Morgan fingerprint density at radius 3 is 2.19 bits per heavy atom. The highest BCUT2D eigenvalue weighted by molar-refractivity contribution is 5.98. The first-order chi connectivity index (χ1) is 15.4. The molecule has 1 fully saturated rings. The van der Waals surface area contributed by atoms with E-state index in [0.29, 0.717) is 22.4 Å². The van der Waals surface area contributed by atoms with Crippen molar-refractivity contribution >= 4 is 11.8 Å². The van der Waals surface area contributed by atoms with Crippen LogP contribution in [0.1, 0.15) is 53.3 Å². The molecule has 0 radical (unpaired) electrons. The number of carbonyl (C=O) groups excluding carboxylic acids is 2. The molecular formula is C26H25FN2O3. The molecule has 4 rings (SSSR count). The van der Waals surface area contributed by atoms with Crippen LogP contribution in [-0.4, -0.2) is 22.8 Å². The Morgan fingerprint density at radius 1 is 0.969 bits per heavy atom. The molecule has 3 aromatic rings. The molecule has 2 N–H and O–H groups in total. The molecule has 6 heteroatoms. The second kappa shape index (κ2) is 9.22. The maximum atomic E-state index is 14.5. The SMILES string of the molecule is C[C@H](c1cc(F)cc(OC2CC2)c1)N(C(=O)c1ccccc1)[C@@H](C(N)=O)c1ccccc1. The maximum absolute atomic E-state index is 14.5. The molecule has 1 saturated carbocycles. The van der Waals surface area contributed by atoms with E-state index in [1.165, 1.54) is 17.0 Å². The molecule has 32 heavy (non-hydrogen) atoms. The standard InChI is InChI=1S/C26H25FN2O3/c1-17(20-14-21(27)16-23(15-20)32-22-12-13-22)29(26(31)19-10-6-3-7-11-19)24(25(28)30)18-8-4-2-5-9-18/h2-11,14-17,22,24H,12-13H2,1H3,(H2,28,30)/t17-,24-/m1/s1. The zero-order valence-corrected chi connectivity index (χ0v) is 17.8. The lowest BCUT2D eigenvalue weighted by Crippen LogP contribution is -2.43. The molecule has 0 aliphatic heterocycles. The summed E-state index contributed by atoms with van der Waals surface area (Å²) >= 11 is 0. The van der Waals surface area contributed by atoms with Crippen molar-refractivity contribution in [3.8, 4) is 5.75 Å². The smallest absolute Gasteiger partial charge is 0.255 e. The number of ether oxygens (including phenoxy) is 1. The Labute approximate surface area is 186 Å². The van der Waals surface area contributed by atoms with Crippen molar-refractivity contribution in [1.29, 1.82) is 0 Å². The van der Waals surface area contributed by atoms with Gasteiger partial charge in [-0.05, 0) is 55.2 Å². The molecule has 0 aromatic heterocycles. The predicted octanol–water partition coefficient (Wildman–Crippen LogP) is 4.80. The van der Waals surface area contributed by atoms with Gasteiger partial charge in [0, 0.05) is 11.6 Å². The zero-order chi connectivity index (χ0) is 22.7. The molecule has 3 aromatic carbocycles. The van der Waals surface area contributed by atoms with Crippen molar-refractivity contribution in [2.45, 2.75) is 38.0 Å². The third-order valence-electron chi connectivity index (χ3n) is 5.54. The summed E-state index contributed by atoms with van der Waals surface area (Å²) in [7, 11) is 0. The molecule has 0 spiro atoms. The van der Waals surface area contributed by atoms with Crippen molar-refractivity contribution in [3.63, 3.8) is 0 Å². The molecule has 1 aliphatic rings. The quantitative estimate of drug-likeness (QED) is 0.556. The van der Waals surface area contributed by atoms with Crippen LogP contribution in [0.3, 0.4) is 0 Å². The molecule has 164 valence electrons. The van der Waals surface area contributed by atoms with Crippen LogP contribution < -0.4 is 10.5 Å². The molecule has 2 atom stereocenters. The summed E-state index contributed by atoms with van der Waals surface area (Å²) in [5.41, 5.74) is 7.32. The van der Waals surface area contributed by atoms with Crippen LogP contribution in [0.25, 0.3) is 0 Å². The van der Waals surface area contributed by atoms with E-state index in [2.05, 4.69) is 0 Å². The fourth-order valence-electron chi connectivity index (χ4n) is 3.78. The van der Waals surface area contributed by atoms with Crippen LogP contribution in [0.15, 0.2) is 78.9 Å². The van der Waals surface area contributed by atoms with Gasteiger partial charge in [-0.3, -0.25) is 9.59 Å². The summed E-state index contributed by atoms with van der Waals surface area (Å²) in [6.45, 7) is 1.76. The molecule has 0 heterocycles. The van der Waals surface area contributed by atoms with Gasteiger partial charge in [0.25, 0.3) is 5.91 Å². The van der Waals surface area contributed by atoms with Gasteiger partial charge in [-0.1, -0.05) is 48.5 Å². The van der Waals surface area contributed by atoms with E-state index >= 15 is 0 Å². The molecule has 0 unspecified atom stereocenters. The third-order valence-corrected chi connectivity index (χ3v) is 5.54. The number of halogens is 1. The molecule has 5 nitrogen and oxygen atoms in total. The maximum Gasteiger partial charge on any atom is 0.255 e. The van der Waals surface area contributed by atoms with Crippen LogP contribution in [-0.2, 0) is 4.79 Å². The Balaban J connectivity index is 1.79. The number of carbonyl (C=O) groups is 2. The van der Waals surface area contributed by atoms with E-state index < -0.39 is 23.8 Å². The lowest BCUT2D eigenvalue weighted by molar-refractivity contribution is -0.123. The van der Waals surface area contributed by atoms with E-state index in [1.54, 1.807) is 67.6 Å². The number of hydrogen-bond acceptors (Lipinski definition) is 3. The molecule has 1 aliphatic carbocycles. The summed E-state index contributed by atoms with van der Waals surface area (Å²) in [6, 6.07) is 20.3. The highest BCUT2D eigenvalue weighted by Crippen LogP contribution is 2.35.